The zero-order valence-corrected chi connectivity index (χ0v) is 32.4. The highest BCUT2D eigenvalue weighted by Crippen LogP contribution is 2.27. The molecule has 2 aromatic rings. The van der Waals surface area contributed by atoms with Crippen molar-refractivity contribution in [3.05, 3.63) is 59.9 Å². The normalized spacial score (nSPS) is 12.0. The Kier molecular flexibility index (Phi) is 24.3. The Morgan fingerprint density at radius 3 is 1.78 bits per heavy atom. The summed E-state index contributed by atoms with van der Waals surface area (Å²) < 4.78 is 20.4. The maximum absolute atomic E-state index is 14.8. The zero-order valence-electron chi connectivity index (χ0n) is 32.4. The van der Waals surface area contributed by atoms with Crippen LogP contribution in [0.3, 0.4) is 0 Å². The van der Waals surface area contributed by atoms with Gasteiger partial charge in [0.2, 0.25) is 5.91 Å². The number of ether oxygens (including phenoxy) is 1. The maximum atomic E-state index is 14.8. The molecule has 50 heavy (non-hydrogen) atoms. The van der Waals surface area contributed by atoms with E-state index in [4.69, 9.17) is 4.74 Å². The molecule has 2 aromatic carbocycles. The first-order valence-electron chi connectivity index (χ1n) is 20.3. The molecule has 0 bridgehead atoms. The number of esters is 1. The number of nitrogens with zero attached hydrogens (tertiary/aromatic N) is 2. The molecule has 0 heterocycles. The number of hydrogen-bond donors (Lipinski definition) is 0. The third-order valence-corrected chi connectivity index (χ3v) is 9.88. The Morgan fingerprint density at radius 2 is 1.20 bits per heavy atom. The molecular weight excluding hydrogens is 623 g/mol. The lowest BCUT2D eigenvalue weighted by Crippen LogP contribution is -2.34. The fraction of sp³-hybridized carbons (Fsp3) is 0.682. The lowest BCUT2D eigenvalue weighted by molar-refractivity contribution is -0.145. The Labute approximate surface area is 305 Å². The van der Waals surface area contributed by atoms with Gasteiger partial charge >= 0.3 is 5.97 Å². The number of hydrogen-bond acceptors (Lipinski definition) is 4. The molecule has 6 heteroatoms. The molecule has 0 aliphatic rings. The van der Waals surface area contributed by atoms with Gasteiger partial charge in [-0.25, -0.2) is 4.39 Å². The number of carbonyl (C=O) groups is 2. The van der Waals surface area contributed by atoms with Gasteiger partial charge in [-0.1, -0.05) is 146 Å². The summed E-state index contributed by atoms with van der Waals surface area (Å²) in [5, 5.41) is 0. The smallest absolute Gasteiger partial charge is 0.313 e. The first kappa shape index (κ1) is 43.4. The minimum atomic E-state index is -0.527. The van der Waals surface area contributed by atoms with Crippen molar-refractivity contribution in [1.29, 1.82) is 0 Å². The molecule has 0 saturated heterocycles. The van der Waals surface area contributed by atoms with E-state index in [1.165, 1.54) is 89.5 Å². The van der Waals surface area contributed by atoms with E-state index in [0.29, 0.717) is 30.1 Å². The van der Waals surface area contributed by atoms with Gasteiger partial charge in [-0.3, -0.25) is 9.59 Å². The van der Waals surface area contributed by atoms with Crippen LogP contribution in [0.4, 0.5) is 4.39 Å². The average molecular weight is 695 g/mol. The van der Waals surface area contributed by atoms with Crippen molar-refractivity contribution in [2.75, 3.05) is 40.3 Å². The minimum absolute atomic E-state index is 0.301. The number of amides is 1. The Bertz CT molecular complexity index is 1160. The monoisotopic (exact) mass is 695 g/mol. The molecule has 282 valence electrons. The highest BCUT2D eigenvalue weighted by molar-refractivity contribution is 5.78. The van der Waals surface area contributed by atoms with E-state index in [-0.39, 0.29) is 11.8 Å². The molecule has 0 aliphatic carbocycles. The lowest BCUT2D eigenvalue weighted by atomic mass is 9.97. The summed E-state index contributed by atoms with van der Waals surface area (Å²) in [5.74, 6) is -0.888. The molecule has 1 amide bonds. The molecule has 0 aliphatic heterocycles. The third kappa shape index (κ3) is 19.6. The molecule has 0 fully saturated rings. The largest absolute Gasteiger partial charge is 0.465 e. The fourth-order valence-corrected chi connectivity index (χ4v) is 6.59. The maximum Gasteiger partial charge on any atom is 0.313 e. The Morgan fingerprint density at radius 1 is 0.660 bits per heavy atom. The van der Waals surface area contributed by atoms with Crippen LogP contribution in [0.25, 0.3) is 11.1 Å². The van der Waals surface area contributed by atoms with E-state index in [2.05, 4.69) is 30.8 Å². The molecule has 2 rings (SSSR count). The number of carbonyl (C=O) groups excluding carboxylic acids is 2. The second kappa shape index (κ2) is 27.9. The molecule has 0 radical (unpaired) electrons. The second-order valence-corrected chi connectivity index (χ2v) is 14.6. The molecule has 0 spiro atoms. The van der Waals surface area contributed by atoms with E-state index in [0.717, 1.165) is 70.1 Å². The lowest BCUT2D eigenvalue weighted by Gasteiger charge is -2.24. The molecule has 0 aromatic heterocycles. The van der Waals surface area contributed by atoms with Gasteiger partial charge in [-0.2, -0.15) is 0 Å². The summed E-state index contributed by atoms with van der Waals surface area (Å²) in [6.07, 6.45) is 25.3. The van der Waals surface area contributed by atoms with Crippen LogP contribution >= 0.6 is 0 Å². The summed E-state index contributed by atoms with van der Waals surface area (Å²) >= 11 is 0. The zero-order chi connectivity index (χ0) is 36.2. The molecule has 0 saturated carbocycles. The Balaban J connectivity index is 1.57. The van der Waals surface area contributed by atoms with Crippen LogP contribution in [0, 0.1) is 5.82 Å². The van der Waals surface area contributed by atoms with Gasteiger partial charge in [-0.05, 0) is 76.9 Å². The number of benzene rings is 2. The van der Waals surface area contributed by atoms with Crippen molar-refractivity contribution in [2.24, 2.45) is 0 Å². The number of unbranched alkanes of at least 4 members (excludes halogenated alkanes) is 17. The molecule has 1 unspecified atom stereocenters. The van der Waals surface area contributed by atoms with Gasteiger partial charge in [0.05, 0.1) is 12.5 Å². The Hall–Kier alpha value is -2.73. The standard InChI is InChI=1S/C44H71FN2O3/c1-5-6-7-8-9-10-11-12-13-14-15-16-17-18-24-30-43(48)47(35-27-33-46(3)4)34-25-19-20-26-36-50-44(49)38(2)40-31-32-41(42(45)37-40)39-28-22-21-23-29-39/h21-23,28-29,31-32,37-38H,5-20,24-27,30,33-36H2,1-4H3. The van der Waals surface area contributed by atoms with Crippen LogP contribution in [0.2, 0.25) is 0 Å². The minimum Gasteiger partial charge on any atom is -0.465 e. The SMILES string of the molecule is CCCCCCCCCCCCCCCCCC(=O)N(CCCCCCOC(=O)C(C)c1ccc(-c2ccccc2)c(F)c1)CCCN(C)C. The summed E-state index contributed by atoms with van der Waals surface area (Å²) in [6, 6.07) is 14.4. The van der Waals surface area contributed by atoms with E-state index >= 15 is 0 Å². The molecular formula is C44H71FN2O3. The summed E-state index contributed by atoms with van der Waals surface area (Å²) in [6.45, 7) is 7.00. The first-order valence-corrected chi connectivity index (χ1v) is 20.3. The van der Waals surface area contributed by atoms with Gasteiger partial charge in [0.1, 0.15) is 5.82 Å². The van der Waals surface area contributed by atoms with Crippen LogP contribution in [0.5, 0.6) is 0 Å². The van der Waals surface area contributed by atoms with Gasteiger partial charge in [0.15, 0.2) is 0 Å². The summed E-state index contributed by atoms with van der Waals surface area (Å²) in [4.78, 5) is 30.0. The van der Waals surface area contributed by atoms with Crippen LogP contribution in [0.15, 0.2) is 48.5 Å². The van der Waals surface area contributed by atoms with Gasteiger partial charge in [0, 0.05) is 25.1 Å². The molecule has 0 N–H and O–H groups in total. The van der Waals surface area contributed by atoms with E-state index in [1.807, 2.05) is 36.4 Å². The quantitative estimate of drug-likeness (QED) is 0.0603. The number of rotatable bonds is 30. The van der Waals surface area contributed by atoms with Crippen molar-refractivity contribution in [3.63, 3.8) is 0 Å². The van der Waals surface area contributed by atoms with Crippen molar-refractivity contribution < 1.29 is 18.7 Å². The topological polar surface area (TPSA) is 49.9 Å². The van der Waals surface area contributed by atoms with E-state index < -0.39 is 5.92 Å². The summed E-state index contributed by atoms with van der Waals surface area (Å²) in [7, 11) is 4.16. The van der Waals surface area contributed by atoms with E-state index in [1.54, 1.807) is 13.0 Å². The second-order valence-electron chi connectivity index (χ2n) is 14.6. The fourth-order valence-electron chi connectivity index (χ4n) is 6.59. The third-order valence-electron chi connectivity index (χ3n) is 9.88. The summed E-state index contributed by atoms with van der Waals surface area (Å²) in [5.41, 5.74) is 1.96. The highest BCUT2D eigenvalue weighted by atomic mass is 19.1. The van der Waals surface area contributed by atoms with Crippen molar-refractivity contribution >= 4 is 11.9 Å². The van der Waals surface area contributed by atoms with Crippen LogP contribution in [-0.4, -0.2) is 62.0 Å². The van der Waals surface area contributed by atoms with Crippen molar-refractivity contribution in [1.82, 2.24) is 9.80 Å². The van der Waals surface area contributed by atoms with Crippen LogP contribution in [0.1, 0.15) is 160 Å². The molecule has 1 atom stereocenters. The van der Waals surface area contributed by atoms with Gasteiger partial charge in [-0.15, -0.1) is 0 Å². The predicted octanol–water partition coefficient (Wildman–Crippen LogP) is 11.7. The highest BCUT2D eigenvalue weighted by Gasteiger charge is 2.19. The van der Waals surface area contributed by atoms with Crippen LogP contribution in [-0.2, 0) is 14.3 Å². The van der Waals surface area contributed by atoms with Gasteiger partial charge in [0.25, 0.3) is 0 Å². The van der Waals surface area contributed by atoms with Gasteiger partial charge < -0.3 is 14.5 Å². The number of halogens is 1. The van der Waals surface area contributed by atoms with Crippen LogP contribution < -0.4 is 0 Å². The predicted molar refractivity (Wildman–Crippen MR) is 209 cm³/mol. The van der Waals surface area contributed by atoms with Crippen molar-refractivity contribution in [3.8, 4) is 11.1 Å². The first-order chi connectivity index (χ1) is 24.3. The average Bonchev–Trinajstić information content (AvgIpc) is 3.11. The molecule has 5 nitrogen and oxygen atoms in total. The van der Waals surface area contributed by atoms with Crippen molar-refractivity contribution in [2.45, 2.75) is 155 Å². The van der Waals surface area contributed by atoms with E-state index in [9.17, 15) is 14.0 Å².